The molecule has 0 aliphatic carbocycles. The Bertz CT molecular complexity index is 868. The second-order valence-electron chi connectivity index (χ2n) is 4.75. The Morgan fingerprint density at radius 3 is 2.86 bits per heavy atom. The van der Waals surface area contributed by atoms with Crippen molar-refractivity contribution in [3.05, 3.63) is 53.9 Å². The van der Waals surface area contributed by atoms with Crippen LogP contribution in [-0.4, -0.2) is 19.7 Å². The van der Waals surface area contributed by atoms with E-state index in [9.17, 15) is 8.42 Å². The van der Waals surface area contributed by atoms with E-state index in [4.69, 9.17) is 4.42 Å². The number of sulfone groups is 1. The number of rotatable bonds is 5. The van der Waals surface area contributed by atoms with Crippen LogP contribution in [0.4, 0.5) is 5.69 Å². The monoisotopic (exact) mass is 334 g/mol. The second-order valence-corrected chi connectivity index (χ2v) is 7.71. The number of anilines is 1. The van der Waals surface area contributed by atoms with E-state index in [1.165, 1.54) is 6.26 Å². The highest BCUT2D eigenvalue weighted by atomic mass is 32.2. The molecule has 0 aliphatic heterocycles. The molecule has 0 spiro atoms. The number of hydrogen-bond donors (Lipinski definition) is 1. The molecule has 0 atom stereocenters. The minimum Gasteiger partial charge on any atom is -0.438 e. The van der Waals surface area contributed by atoms with Crippen LogP contribution in [0.15, 0.2) is 57.3 Å². The van der Waals surface area contributed by atoms with Gasteiger partial charge in [0.2, 0.25) is 5.89 Å². The maximum absolute atomic E-state index is 11.5. The fourth-order valence-corrected chi connectivity index (χ4v) is 3.28. The fraction of sp³-hybridized carbons (Fsp3) is 0.133. The molecule has 0 radical (unpaired) electrons. The highest BCUT2D eigenvalue weighted by molar-refractivity contribution is 7.90. The van der Waals surface area contributed by atoms with Crippen molar-refractivity contribution in [3.8, 4) is 10.6 Å². The second kappa shape index (κ2) is 5.94. The third-order valence-corrected chi connectivity index (χ3v) is 5.02. The summed E-state index contributed by atoms with van der Waals surface area (Å²) in [5.41, 5.74) is 0.707. The number of aromatic nitrogens is 1. The van der Waals surface area contributed by atoms with Crippen LogP contribution in [0.2, 0.25) is 0 Å². The normalized spacial score (nSPS) is 11.5. The van der Waals surface area contributed by atoms with Gasteiger partial charge in [0.05, 0.1) is 22.5 Å². The van der Waals surface area contributed by atoms with Gasteiger partial charge in [-0.2, -0.15) is 0 Å². The molecule has 0 aliphatic rings. The lowest BCUT2D eigenvalue weighted by molar-refractivity contribution is 0.517. The molecule has 7 heteroatoms. The molecule has 0 bridgehead atoms. The van der Waals surface area contributed by atoms with E-state index in [1.807, 2.05) is 17.5 Å². The van der Waals surface area contributed by atoms with E-state index in [0.29, 0.717) is 18.1 Å². The number of oxazole rings is 1. The zero-order valence-corrected chi connectivity index (χ0v) is 13.4. The molecule has 0 saturated carbocycles. The van der Waals surface area contributed by atoms with Gasteiger partial charge in [0.15, 0.2) is 15.6 Å². The van der Waals surface area contributed by atoms with Gasteiger partial charge in [-0.1, -0.05) is 12.1 Å². The molecule has 22 heavy (non-hydrogen) atoms. The first-order valence-electron chi connectivity index (χ1n) is 6.55. The van der Waals surface area contributed by atoms with Gasteiger partial charge >= 0.3 is 0 Å². The quantitative estimate of drug-likeness (QED) is 0.774. The lowest BCUT2D eigenvalue weighted by atomic mass is 10.3. The van der Waals surface area contributed by atoms with Gasteiger partial charge in [-0.15, -0.1) is 11.3 Å². The molecule has 0 fully saturated rings. The molecular weight excluding hydrogens is 320 g/mol. The minimum atomic E-state index is -3.21. The van der Waals surface area contributed by atoms with Crippen LogP contribution >= 0.6 is 11.3 Å². The van der Waals surface area contributed by atoms with E-state index >= 15 is 0 Å². The van der Waals surface area contributed by atoms with Crippen LogP contribution in [0.25, 0.3) is 10.6 Å². The largest absolute Gasteiger partial charge is 0.438 e. The van der Waals surface area contributed by atoms with Crippen molar-refractivity contribution in [1.29, 1.82) is 0 Å². The van der Waals surface area contributed by atoms with E-state index < -0.39 is 9.84 Å². The summed E-state index contributed by atoms with van der Waals surface area (Å²) in [6.45, 7) is 0.387. The van der Waals surface area contributed by atoms with E-state index in [-0.39, 0.29) is 4.90 Å². The first-order valence-corrected chi connectivity index (χ1v) is 9.32. The van der Waals surface area contributed by atoms with Crippen molar-refractivity contribution in [2.24, 2.45) is 0 Å². The van der Waals surface area contributed by atoms with Crippen LogP contribution in [0.1, 0.15) is 5.89 Å². The average Bonchev–Trinajstić information content (AvgIpc) is 3.15. The summed E-state index contributed by atoms with van der Waals surface area (Å²) in [6, 6.07) is 10.6. The summed E-state index contributed by atoms with van der Waals surface area (Å²) >= 11 is 1.59. The standard InChI is InChI=1S/C15H14N2O3S2/c1-22(18,19)12-5-2-4-11(8-12)16-10-15-17-9-13(20-15)14-6-3-7-21-14/h2-9,16H,10H2,1H3. The minimum absolute atomic E-state index is 0.282. The summed E-state index contributed by atoms with van der Waals surface area (Å²) in [6.07, 6.45) is 2.88. The van der Waals surface area contributed by atoms with Crippen molar-refractivity contribution in [3.63, 3.8) is 0 Å². The maximum atomic E-state index is 11.5. The first-order chi connectivity index (χ1) is 10.5. The van der Waals surface area contributed by atoms with Crippen molar-refractivity contribution in [1.82, 2.24) is 4.98 Å². The lowest BCUT2D eigenvalue weighted by Gasteiger charge is -2.05. The van der Waals surface area contributed by atoms with E-state index in [2.05, 4.69) is 10.3 Å². The predicted octanol–water partition coefficient (Wildman–Crippen LogP) is 3.42. The highest BCUT2D eigenvalue weighted by Crippen LogP contribution is 2.25. The summed E-state index contributed by atoms with van der Waals surface area (Å²) < 4.78 is 28.7. The van der Waals surface area contributed by atoms with Gasteiger partial charge in [0.1, 0.15) is 0 Å². The highest BCUT2D eigenvalue weighted by Gasteiger charge is 2.09. The molecule has 1 aromatic carbocycles. The van der Waals surface area contributed by atoms with Crippen LogP contribution in [0, 0.1) is 0 Å². The molecule has 3 rings (SSSR count). The Morgan fingerprint density at radius 2 is 2.14 bits per heavy atom. The molecule has 5 nitrogen and oxygen atoms in total. The van der Waals surface area contributed by atoms with Gasteiger partial charge in [-0.05, 0) is 29.6 Å². The topological polar surface area (TPSA) is 72.2 Å². The zero-order chi connectivity index (χ0) is 15.6. The maximum Gasteiger partial charge on any atom is 0.214 e. The first kappa shape index (κ1) is 14.8. The SMILES string of the molecule is CS(=O)(=O)c1cccc(NCc2ncc(-c3cccs3)o2)c1. The number of thiophene rings is 1. The third-order valence-electron chi connectivity index (χ3n) is 3.02. The predicted molar refractivity (Wildman–Crippen MR) is 86.7 cm³/mol. The summed E-state index contributed by atoms with van der Waals surface area (Å²) in [5, 5.41) is 5.09. The lowest BCUT2D eigenvalue weighted by Crippen LogP contribution is -2.02. The zero-order valence-electron chi connectivity index (χ0n) is 11.8. The van der Waals surface area contributed by atoms with Crippen molar-refractivity contribution in [2.45, 2.75) is 11.4 Å². The van der Waals surface area contributed by atoms with Gasteiger partial charge in [-0.25, -0.2) is 13.4 Å². The molecule has 2 heterocycles. The molecule has 1 N–H and O–H groups in total. The smallest absolute Gasteiger partial charge is 0.214 e. The Balaban J connectivity index is 1.71. The summed E-state index contributed by atoms with van der Waals surface area (Å²) in [4.78, 5) is 5.53. The van der Waals surface area contributed by atoms with Crippen molar-refractivity contribution >= 4 is 26.9 Å². The van der Waals surface area contributed by atoms with Crippen molar-refractivity contribution < 1.29 is 12.8 Å². The van der Waals surface area contributed by atoms with Gasteiger partial charge < -0.3 is 9.73 Å². The van der Waals surface area contributed by atoms with Crippen LogP contribution < -0.4 is 5.32 Å². The van der Waals surface area contributed by atoms with Gasteiger partial charge in [0, 0.05) is 11.9 Å². The Kier molecular flexibility index (Phi) is 4.00. The molecule has 2 aromatic heterocycles. The Morgan fingerprint density at radius 1 is 1.27 bits per heavy atom. The van der Waals surface area contributed by atoms with Crippen molar-refractivity contribution in [2.75, 3.05) is 11.6 Å². The van der Waals surface area contributed by atoms with Gasteiger partial charge in [0.25, 0.3) is 0 Å². The molecule has 0 amide bonds. The Labute approximate surface area is 132 Å². The van der Waals surface area contributed by atoms with E-state index in [0.717, 1.165) is 10.6 Å². The summed E-state index contributed by atoms with van der Waals surface area (Å²) in [5.74, 6) is 1.28. The summed E-state index contributed by atoms with van der Waals surface area (Å²) in [7, 11) is -3.21. The van der Waals surface area contributed by atoms with Gasteiger partial charge in [-0.3, -0.25) is 0 Å². The van der Waals surface area contributed by atoms with Crippen LogP contribution in [0.5, 0.6) is 0 Å². The number of nitrogens with one attached hydrogen (secondary N) is 1. The van der Waals surface area contributed by atoms with Crippen LogP contribution in [0.3, 0.4) is 0 Å². The Hall–Kier alpha value is -2.12. The third kappa shape index (κ3) is 3.37. The number of nitrogens with zero attached hydrogens (tertiary/aromatic N) is 1. The average molecular weight is 334 g/mol. The number of benzene rings is 1. The molecule has 0 unspecified atom stereocenters. The molecule has 0 saturated heterocycles. The van der Waals surface area contributed by atoms with E-state index in [1.54, 1.807) is 41.8 Å². The molecule has 3 aromatic rings. The fourth-order valence-electron chi connectivity index (χ4n) is 1.94. The molecular formula is C15H14N2O3S2. The molecule has 114 valence electrons. The van der Waals surface area contributed by atoms with Crippen LogP contribution in [-0.2, 0) is 16.4 Å². The number of hydrogen-bond acceptors (Lipinski definition) is 6.